The molecule has 0 saturated carbocycles. The fourth-order valence-corrected chi connectivity index (χ4v) is 11.4. The molecule has 324 valence electrons. The molecule has 0 aliphatic rings. The van der Waals surface area contributed by atoms with Gasteiger partial charge in [0.25, 0.3) is 0 Å². The van der Waals surface area contributed by atoms with Gasteiger partial charge in [0.1, 0.15) is 0 Å². The molecule has 13 rings (SSSR count). The lowest BCUT2D eigenvalue weighted by atomic mass is 9.94. The van der Waals surface area contributed by atoms with Crippen LogP contribution in [0.3, 0.4) is 0 Å². The Labute approximate surface area is 405 Å². The van der Waals surface area contributed by atoms with Gasteiger partial charge in [-0.2, -0.15) is 0 Å². The van der Waals surface area contributed by atoms with E-state index in [1.807, 2.05) is 11.3 Å². The molecule has 2 heterocycles. The van der Waals surface area contributed by atoms with Gasteiger partial charge in [0, 0.05) is 53.6 Å². The van der Waals surface area contributed by atoms with Crippen molar-refractivity contribution in [1.29, 1.82) is 0 Å². The van der Waals surface area contributed by atoms with Gasteiger partial charge in [-0.15, -0.1) is 11.3 Å². The summed E-state index contributed by atoms with van der Waals surface area (Å²) in [5, 5.41) is 5.10. The highest BCUT2D eigenvalue weighted by Crippen LogP contribution is 2.45. The number of benzene rings is 11. The van der Waals surface area contributed by atoms with Crippen LogP contribution in [-0.4, -0.2) is 4.57 Å². The Morgan fingerprint density at radius 2 is 0.754 bits per heavy atom. The van der Waals surface area contributed by atoms with Gasteiger partial charge in [0.05, 0.1) is 16.7 Å². The van der Waals surface area contributed by atoms with Crippen LogP contribution in [0.4, 0.5) is 17.1 Å². The Hall–Kier alpha value is -8.76. The van der Waals surface area contributed by atoms with Crippen LogP contribution in [0.5, 0.6) is 0 Å². The zero-order valence-electron chi connectivity index (χ0n) is 37.7. The quantitative estimate of drug-likeness (QED) is 0.140. The predicted molar refractivity (Wildman–Crippen MR) is 296 cm³/mol. The van der Waals surface area contributed by atoms with Crippen LogP contribution >= 0.6 is 11.3 Å². The van der Waals surface area contributed by atoms with Gasteiger partial charge in [-0.25, -0.2) is 0 Å². The summed E-state index contributed by atoms with van der Waals surface area (Å²) in [6, 6.07) is 97.3. The van der Waals surface area contributed by atoms with E-state index in [0.717, 1.165) is 28.2 Å². The van der Waals surface area contributed by atoms with Crippen molar-refractivity contribution in [3.05, 3.63) is 267 Å². The number of nitrogens with zero attached hydrogens (tertiary/aromatic N) is 2. The summed E-state index contributed by atoms with van der Waals surface area (Å²) in [7, 11) is 0. The first-order chi connectivity index (χ1) is 34.2. The maximum Gasteiger partial charge on any atom is 0.0547 e. The molecule has 0 N–H and O–H groups in total. The van der Waals surface area contributed by atoms with E-state index in [0.29, 0.717) is 0 Å². The molecule has 0 atom stereocenters. The van der Waals surface area contributed by atoms with Crippen molar-refractivity contribution in [2.45, 2.75) is 0 Å². The molecule has 0 unspecified atom stereocenters. The average molecular weight is 897 g/mol. The van der Waals surface area contributed by atoms with Gasteiger partial charge in [0.15, 0.2) is 0 Å². The second-order valence-electron chi connectivity index (χ2n) is 17.7. The monoisotopic (exact) mass is 896 g/mol. The molecule has 0 saturated heterocycles. The molecule has 0 bridgehead atoms. The molecule has 2 aromatic heterocycles. The number of para-hydroxylation sites is 2. The fourth-order valence-electron chi connectivity index (χ4n) is 10.3. The maximum atomic E-state index is 2.45. The minimum Gasteiger partial charge on any atom is -0.310 e. The number of rotatable bonds is 9. The lowest BCUT2D eigenvalue weighted by molar-refractivity contribution is 1.19. The van der Waals surface area contributed by atoms with Gasteiger partial charge >= 0.3 is 0 Å². The maximum absolute atomic E-state index is 2.45. The van der Waals surface area contributed by atoms with Crippen LogP contribution in [-0.2, 0) is 0 Å². The highest BCUT2D eigenvalue weighted by molar-refractivity contribution is 7.25. The first-order valence-electron chi connectivity index (χ1n) is 23.6. The van der Waals surface area contributed by atoms with Crippen LogP contribution in [0.2, 0.25) is 0 Å². The first-order valence-corrected chi connectivity index (χ1v) is 24.4. The van der Waals surface area contributed by atoms with Crippen LogP contribution in [0.25, 0.3) is 103 Å². The van der Waals surface area contributed by atoms with Crippen LogP contribution in [0.15, 0.2) is 267 Å². The topological polar surface area (TPSA) is 8.17 Å². The predicted octanol–water partition coefficient (Wildman–Crippen LogP) is 19.0. The lowest BCUT2D eigenvalue weighted by Crippen LogP contribution is -2.11. The number of aromatic nitrogens is 1. The Balaban J connectivity index is 0.915. The molecule has 0 amide bonds. The molecule has 2 nitrogen and oxygen atoms in total. The summed E-state index contributed by atoms with van der Waals surface area (Å²) < 4.78 is 5.08. The number of fused-ring (bicyclic) bond motifs is 6. The van der Waals surface area contributed by atoms with E-state index in [1.54, 1.807) is 0 Å². The van der Waals surface area contributed by atoms with Gasteiger partial charge < -0.3 is 9.47 Å². The van der Waals surface area contributed by atoms with Crippen molar-refractivity contribution in [1.82, 2.24) is 4.57 Å². The average Bonchev–Trinajstić information content (AvgIpc) is 3.98. The number of thiophene rings is 1. The third-order valence-corrected chi connectivity index (χ3v) is 14.8. The minimum atomic E-state index is 1.09. The molecule has 0 aliphatic heterocycles. The van der Waals surface area contributed by atoms with Crippen LogP contribution in [0, 0.1) is 0 Å². The van der Waals surface area contributed by atoms with E-state index in [9.17, 15) is 0 Å². The van der Waals surface area contributed by atoms with E-state index >= 15 is 0 Å². The largest absolute Gasteiger partial charge is 0.310 e. The van der Waals surface area contributed by atoms with Crippen LogP contribution < -0.4 is 4.90 Å². The molecule has 69 heavy (non-hydrogen) atoms. The molecule has 11 aromatic carbocycles. The summed E-state index contributed by atoms with van der Waals surface area (Å²) in [4.78, 5) is 2.40. The molecular weight excluding hydrogens is 853 g/mol. The Kier molecular flexibility index (Phi) is 10.1. The zero-order valence-corrected chi connectivity index (χ0v) is 38.5. The summed E-state index contributed by atoms with van der Waals surface area (Å²) >= 11 is 1.86. The molecule has 0 aliphatic carbocycles. The summed E-state index contributed by atoms with van der Waals surface area (Å²) in [6.07, 6.45) is 0. The van der Waals surface area contributed by atoms with E-state index in [2.05, 4.69) is 276 Å². The number of anilines is 3. The standard InChI is InChI=1S/C66H44N2S/c1-3-15-45(16-4-1)47-29-31-48(32-30-47)50-35-39-54(40-36-50)67(53-37-33-49(34-38-53)46-17-5-2-6-18-46)61-25-10-7-21-56(61)51-19-13-20-52(43-51)57-24-14-27-63-66(57)59-23-8-11-26-62(59)68(63)55-41-42-65-60(44-55)58-22-9-12-28-64(58)69-65/h1-44H. The lowest BCUT2D eigenvalue weighted by Gasteiger charge is -2.28. The Morgan fingerprint density at radius 1 is 0.290 bits per heavy atom. The Bertz CT molecular complexity index is 3980. The van der Waals surface area contributed by atoms with Crippen molar-refractivity contribution >= 4 is 70.4 Å². The Morgan fingerprint density at radius 3 is 1.42 bits per heavy atom. The zero-order chi connectivity index (χ0) is 45.7. The third kappa shape index (κ3) is 7.28. The van der Waals surface area contributed by atoms with Crippen molar-refractivity contribution in [2.75, 3.05) is 4.90 Å². The van der Waals surface area contributed by atoms with Crippen molar-refractivity contribution < 1.29 is 0 Å². The van der Waals surface area contributed by atoms with E-state index in [4.69, 9.17) is 0 Å². The second-order valence-corrected chi connectivity index (χ2v) is 18.8. The normalized spacial score (nSPS) is 11.5. The SMILES string of the molecule is c1ccc(-c2ccc(-c3ccc(N(c4ccc(-c5ccccc5)cc4)c4ccccc4-c4cccc(-c5cccc6c5c5ccccc5n6-c5ccc6sc7ccccc7c6c5)c4)cc3)cc2)cc1. The molecular formula is C66H44N2S. The van der Waals surface area contributed by atoms with Crippen molar-refractivity contribution in [3.63, 3.8) is 0 Å². The molecule has 13 aromatic rings. The highest BCUT2D eigenvalue weighted by atomic mass is 32.1. The molecule has 0 spiro atoms. The van der Waals surface area contributed by atoms with Gasteiger partial charge in [-0.05, 0) is 123 Å². The fraction of sp³-hybridized carbons (Fsp3) is 0. The summed E-state index contributed by atoms with van der Waals surface area (Å²) in [6.45, 7) is 0. The van der Waals surface area contributed by atoms with Crippen molar-refractivity contribution in [2.24, 2.45) is 0 Å². The second kappa shape index (κ2) is 17.2. The molecule has 0 radical (unpaired) electrons. The number of hydrogen-bond acceptors (Lipinski definition) is 2. The van der Waals surface area contributed by atoms with Crippen LogP contribution in [0.1, 0.15) is 0 Å². The summed E-state index contributed by atoms with van der Waals surface area (Å²) in [5.41, 5.74) is 18.7. The molecule has 0 fully saturated rings. The van der Waals surface area contributed by atoms with Gasteiger partial charge in [-0.1, -0.05) is 194 Å². The van der Waals surface area contributed by atoms with Gasteiger partial charge in [0.2, 0.25) is 0 Å². The van der Waals surface area contributed by atoms with E-state index in [-0.39, 0.29) is 0 Å². The first kappa shape index (κ1) is 40.5. The highest BCUT2D eigenvalue weighted by Gasteiger charge is 2.20. The minimum absolute atomic E-state index is 1.09. The van der Waals surface area contributed by atoms with E-state index < -0.39 is 0 Å². The summed E-state index contributed by atoms with van der Waals surface area (Å²) in [5.74, 6) is 0. The third-order valence-electron chi connectivity index (χ3n) is 13.6. The van der Waals surface area contributed by atoms with Crippen molar-refractivity contribution in [3.8, 4) is 61.3 Å². The number of hydrogen-bond donors (Lipinski definition) is 0. The van der Waals surface area contributed by atoms with E-state index in [1.165, 1.54) is 92.2 Å². The molecule has 3 heteroatoms. The smallest absolute Gasteiger partial charge is 0.0547 e. The van der Waals surface area contributed by atoms with Gasteiger partial charge in [-0.3, -0.25) is 0 Å².